The van der Waals surface area contributed by atoms with Crippen LogP contribution in [0.4, 0.5) is 4.39 Å². The molecule has 4 heteroatoms. The second-order valence-electron chi connectivity index (χ2n) is 6.51. The minimum Gasteiger partial charge on any atom is -0.375 e. The summed E-state index contributed by atoms with van der Waals surface area (Å²) in [5, 5.41) is 0. The molecule has 2 nitrogen and oxygen atoms in total. The largest absolute Gasteiger partial charge is 0.375 e. The number of alkyl halides is 1. The molecule has 0 fully saturated rings. The van der Waals surface area contributed by atoms with Crippen LogP contribution in [0.25, 0.3) is 0 Å². The second kappa shape index (κ2) is 7.71. The summed E-state index contributed by atoms with van der Waals surface area (Å²) < 4.78 is 19.9. The lowest BCUT2D eigenvalue weighted by molar-refractivity contribution is -0.0262. The van der Waals surface area contributed by atoms with E-state index < -0.39 is 6.17 Å². The molecule has 0 aliphatic carbocycles. The van der Waals surface area contributed by atoms with E-state index in [1.807, 2.05) is 27.7 Å². The number of ether oxygens (including phenoxy) is 1. The van der Waals surface area contributed by atoms with Gasteiger partial charge in [-0.05, 0) is 31.6 Å². The van der Waals surface area contributed by atoms with Crippen LogP contribution in [0.5, 0.6) is 0 Å². The summed E-state index contributed by atoms with van der Waals surface area (Å²) in [6, 6.07) is 0. The summed E-state index contributed by atoms with van der Waals surface area (Å²) in [5.74, 6) is 1.53. The highest BCUT2D eigenvalue weighted by Crippen LogP contribution is 2.33. The van der Waals surface area contributed by atoms with E-state index >= 15 is 0 Å². The first-order chi connectivity index (χ1) is 8.12. The van der Waals surface area contributed by atoms with Crippen LogP contribution in [0, 0.1) is 11.3 Å². The first kappa shape index (κ1) is 18.2. The number of hydrogen-bond donors (Lipinski definition) is 1. The minimum absolute atomic E-state index is 0.0563. The average molecular weight is 279 g/mol. The quantitative estimate of drug-likeness (QED) is 0.651. The molecule has 0 heterocycles. The summed E-state index contributed by atoms with van der Waals surface area (Å²) >= 11 is 1.66. The Balaban J connectivity index is 4.09. The SMILES string of the molecule is CC(C)C(F)C(C)(C)CCOC(C)(C)CSCN. The molecule has 0 amide bonds. The molecule has 0 aliphatic heterocycles. The highest BCUT2D eigenvalue weighted by Gasteiger charge is 2.32. The molecular formula is C14H30FNOS. The molecule has 0 bridgehead atoms. The normalized spacial score (nSPS) is 15.2. The molecule has 0 spiro atoms. The maximum absolute atomic E-state index is 14.0. The third-order valence-corrected chi connectivity index (χ3v) is 4.27. The summed E-state index contributed by atoms with van der Waals surface area (Å²) in [7, 11) is 0. The van der Waals surface area contributed by atoms with Gasteiger partial charge in [0.1, 0.15) is 6.17 Å². The molecule has 0 saturated heterocycles. The van der Waals surface area contributed by atoms with Crippen LogP contribution in [0.1, 0.15) is 48.0 Å². The molecule has 1 atom stereocenters. The molecule has 110 valence electrons. The standard InChI is InChI=1S/C14H30FNOS/c1-11(2)12(15)13(3,4)7-8-17-14(5,6)9-18-10-16/h11-12H,7-10,16H2,1-6H3. The Kier molecular flexibility index (Phi) is 7.79. The van der Waals surface area contributed by atoms with Crippen LogP contribution in [0.3, 0.4) is 0 Å². The van der Waals surface area contributed by atoms with Crippen molar-refractivity contribution in [2.45, 2.75) is 59.7 Å². The Labute approximate surface area is 116 Å². The molecule has 18 heavy (non-hydrogen) atoms. The number of thioether (sulfide) groups is 1. The summed E-state index contributed by atoms with van der Waals surface area (Å²) in [6.45, 7) is 12.5. The fraction of sp³-hybridized carbons (Fsp3) is 1.00. The lowest BCUT2D eigenvalue weighted by Gasteiger charge is -2.33. The van der Waals surface area contributed by atoms with E-state index in [0.29, 0.717) is 12.5 Å². The Bertz CT molecular complexity index is 232. The van der Waals surface area contributed by atoms with E-state index in [4.69, 9.17) is 10.5 Å². The van der Waals surface area contributed by atoms with Crippen LogP contribution in [-0.4, -0.2) is 30.0 Å². The lowest BCUT2D eigenvalue weighted by Crippen LogP contribution is -2.34. The van der Waals surface area contributed by atoms with Gasteiger partial charge in [-0.3, -0.25) is 0 Å². The lowest BCUT2D eigenvalue weighted by atomic mass is 9.79. The number of rotatable bonds is 9. The van der Waals surface area contributed by atoms with Crippen molar-refractivity contribution in [1.29, 1.82) is 0 Å². The van der Waals surface area contributed by atoms with Crippen LogP contribution in [0.15, 0.2) is 0 Å². The molecule has 0 rings (SSSR count). The van der Waals surface area contributed by atoms with Gasteiger partial charge in [0.05, 0.1) is 5.60 Å². The summed E-state index contributed by atoms with van der Waals surface area (Å²) in [5.41, 5.74) is 4.95. The summed E-state index contributed by atoms with van der Waals surface area (Å²) in [4.78, 5) is 0. The highest BCUT2D eigenvalue weighted by molar-refractivity contribution is 7.99. The third-order valence-electron chi connectivity index (χ3n) is 3.14. The zero-order valence-electron chi connectivity index (χ0n) is 12.8. The van der Waals surface area contributed by atoms with Crippen molar-refractivity contribution in [2.75, 3.05) is 18.2 Å². The van der Waals surface area contributed by atoms with Gasteiger partial charge in [-0.2, -0.15) is 0 Å². The summed E-state index contributed by atoms with van der Waals surface area (Å²) in [6.07, 6.45) is -0.0501. The Hall–Kier alpha value is 0.200. The zero-order valence-corrected chi connectivity index (χ0v) is 13.6. The first-order valence-corrected chi connectivity index (χ1v) is 7.84. The molecule has 0 aliphatic rings. The molecular weight excluding hydrogens is 249 g/mol. The topological polar surface area (TPSA) is 35.2 Å². The molecule has 0 aromatic heterocycles. The van der Waals surface area contributed by atoms with Crippen LogP contribution in [0.2, 0.25) is 0 Å². The minimum atomic E-state index is -0.789. The van der Waals surface area contributed by atoms with Crippen molar-refractivity contribution < 1.29 is 9.13 Å². The molecule has 2 N–H and O–H groups in total. The van der Waals surface area contributed by atoms with E-state index in [-0.39, 0.29) is 16.9 Å². The maximum atomic E-state index is 14.0. The molecule has 0 aromatic carbocycles. The monoisotopic (exact) mass is 279 g/mol. The second-order valence-corrected chi connectivity index (χ2v) is 7.54. The van der Waals surface area contributed by atoms with Crippen LogP contribution < -0.4 is 5.73 Å². The zero-order chi connectivity index (χ0) is 14.4. The van der Waals surface area contributed by atoms with Gasteiger partial charge in [0, 0.05) is 18.2 Å². The Morgan fingerprint density at radius 3 is 2.22 bits per heavy atom. The number of hydrogen-bond acceptors (Lipinski definition) is 3. The van der Waals surface area contributed by atoms with Crippen molar-refractivity contribution in [3.8, 4) is 0 Å². The van der Waals surface area contributed by atoms with Gasteiger partial charge < -0.3 is 10.5 Å². The average Bonchev–Trinajstić information content (AvgIpc) is 2.24. The predicted octanol–water partition coefficient (Wildman–Crippen LogP) is 3.84. The van der Waals surface area contributed by atoms with Crippen LogP contribution in [-0.2, 0) is 4.74 Å². The maximum Gasteiger partial charge on any atom is 0.108 e. The van der Waals surface area contributed by atoms with Gasteiger partial charge in [0.2, 0.25) is 0 Å². The number of halogens is 1. The van der Waals surface area contributed by atoms with Gasteiger partial charge in [0.15, 0.2) is 0 Å². The Morgan fingerprint density at radius 1 is 1.22 bits per heavy atom. The van der Waals surface area contributed by atoms with Crippen molar-refractivity contribution in [2.24, 2.45) is 17.1 Å². The molecule has 1 unspecified atom stereocenters. The van der Waals surface area contributed by atoms with Gasteiger partial charge >= 0.3 is 0 Å². The molecule has 0 saturated carbocycles. The fourth-order valence-electron chi connectivity index (χ4n) is 1.98. The third kappa shape index (κ3) is 6.95. The van der Waals surface area contributed by atoms with E-state index in [0.717, 1.165) is 12.2 Å². The number of nitrogens with two attached hydrogens (primary N) is 1. The van der Waals surface area contributed by atoms with Gasteiger partial charge in [-0.25, -0.2) is 4.39 Å². The molecule has 0 radical (unpaired) electrons. The van der Waals surface area contributed by atoms with E-state index in [1.54, 1.807) is 11.8 Å². The fourth-order valence-corrected chi connectivity index (χ4v) is 2.67. The van der Waals surface area contributed by atoms with Crippen molar-refractivity contribution in [3.63, 3.8) is 0 Å². The van der Waals surface area contributed by atoms with Gasteiger partial charge in [-0.15, -0.1) is 11.8 Å². The van der Waals surface area contributed by atoms with E-state index in [2.05, 4.69) is 13.8 Å². The van der Waals surface area contributed by atoms with Gasteiger partial charge in [0.25, 0.3) is 0 Å². The van der Waals surface area contributed by atoms with Crippen molar-refractivity contribution in [3.05, 3.63) is 0 Å². The Morgan fingerprint density at radius 2 is 1.78 bits per heavy atom. The highest BCUT2D eigenvalue weighted by atomic mass is 32.2. The van der Waals surface area contributed by atoms with Crippen LogP contribution >= 0.6 is 11.8 Å². The van der Waals surface area contributed by atoms with Crippen molar-refractivity contribution in [1.82, 2.24) is 0 Å². The van der Waals surface area contributed by atoms with Crippen molar-refractivity contribution >= 4 is 11.8 Å². The van der Waals surface area contributed by atoms with E-state index in [9.17, 15) is 4.39 Å². The first-order valence-electron chi connectivity index (χ1n) is 6.68. The van der Waals surface area contributed by atoms with Gasteiger partial charge in [-0.1, -0.05) is 27.7 Å². The smallest absolute Gasteiger partial charge is 0.108 e. The van der Waals surface area contributed by atoms with E-state index in [1.165, 1.54) is 0 Å². The predicted molar refractivity (Wildman–Crippen MR) is 79.7 cm³/mol. The molecule has 0 aromatic rings.